The van der Waals surface area contributed by atoms with E-state index >= 15 is 0 Å². The number of hydrogen-bond donors (Lipinski definition) is 0. The molecule has 4 aromatic rings. The van der Waals surface area contributed by atoms with Crippen LogP contribution in [0.5, 0.6) is 5.75 Å². The Morgan fingerprint density at radius 2 is 1.42 bits per heavy atom. The second kappa shape index (κ2) is 7.66. The van der Waals surface area contributed by atoms with Gasteiger partial charge in [0.15, 0.2) is 0 Å². The molecule has 0 saturated heterocycles. The molecule has 26 heavy (non-hydrogen) atoms. The molecule has 2 nitrogen and oxygen atoms in total. The van der Waals surface area contributed by atoms with Crippen molar-refractivity contribution in [3.05, 3.63) is 108 Å². The van der Waals surface area contributed by atoms with E-state index in [1.54, 1.807) is 0 Å². The lowest BCUT2D eigenvalue weighted by atomic mass is 10.1. The Morgan fingerprint density at radius 3 is 2.27 bits per heavy atom. The lowest BCUT2D eigenvalue weighted by Crippen LogP contribution is -1.96. The maximum absolute atomic E-state index is 5.97. The Balaban J connectivity index is 1.43. The minimum absolute atomic E-state index is 0.554. The van der Waals surface area contributed by atoms with E-state index < -0.39 is 0 Å². The fourth-order valence-corrected chi connectivity index (χ4v) is 2.89. The van der Waals surface area contributed by atoms with E-state index in [0.29, 0.717) is 6.61 Å². The van der Waals surface area contributed by atoms with Crippen molar-refractivity contribution in [2.24, 2.45) is 4.99 Å². The average molecular weight is 337 g/mol. The van der Waals surface area contributed by atoms with Crippen LogP contribution < -0.4 is 4.74 Å². The highest BCUT2D eigenvalue weighted by atomic mass is 16.5. The van der Waals surface area contributed by atoms with Gasteiger partial charge in [0.25, 0.3) is 0 Å². The number of ether oxygens (including phenoxy) is 1. The van der Waals surface area contributed by atoms with Gasteiger partial charge in [-0.1, -0.05) is 60.7 Å². The highest BCUT2D eigenvalue weighted by molar-refractivity contribution is 5.85. The summed E-state index contributed by atoms with van der Waals surface area (Å²) < 4.78 is 5.97. The van der Waals surface area contributed by atoms with Crippen LogP contribution in [0.15, 0.2) is 102 Å². The molecular weight excluding hydrogens is 318 g/mol. The Labute approximate surface area is 153 Å². The van der Waals surface area contributed by atoms with Crippen LogP contribution in [0.3, 0.4) is 0 Å². The van der Waals surface area contributed by atoms with Crippen molar-refractivity contribution in [1.29, 1.82) is 0 Å². The number of hydrogen-bond acceptors (Lipinski definition) is 2. The molecule has 0 fully saturated rings. The largest absolute Gasteiger partial charge is 0.489 e. The second-order valence-electron chi connectivity index (χ2n) is 6.09. The summed E-state index contributed by atoms with van der Waals surface area (Å²) in [5, 5.41) is 2.47. The van der Waals surface area contributed by atoms with E-state index in [0.717, 1.165) is 17.0 Å². The van der Waals surface area contributed by atoms with Crippen molar-refractivity contribution >= 4 is 22.7 Å². The first-order valence-electron chi connectivity index (χ1n) is 8.67. The zero-order valence-corrected chi connectivity index (χ0v) is 14.4. The van der Waals surface area contributed by atoms with E-state index in [1.165, 1.54) is 16.3 Å². The molecule has 0 bridgehead atoms. The standard InChI is InChI=1S/C24H19NO/c1-2-10-22(11-3-1)25-17-19-13-15-23(16-14-19)26-18-21-9-6-8-20-7-4-5-12-24(20)21/h1-17H,18H2. The van der Waals surface area contributed by atoms with Gasteiger partial charge in [-0.2, -0.15) is 0 Å². The molecule has 0 aliphatic carbocycles. The van der Waals surface area contributed by atoms with E-state index in [4.69, 9.17) is 4.74 Å². The van der Waals surface area contributed by atoms with Gasteiger partial charge in [-0.3, -0.25) is 4.99 Å². The summed E-state index contributed by atoms with van der Waals surface area (Å²) in [6, 6.07) is 32.6. The minimum atomic E-state index is 0.554. The number of nitrogens with zero attached hydrogens (tertiary/aromatic N) is 1. The molecular formula is C24H19NO. The third kappa shape index (κ3) is 3.81. The van der Waals surface area contributed by atoms with Gasteiger partial charge in [0.05, 0.1) is 5.69 Å². The Bertz CT molecular complexity index is 1020. The van der Waals surface area contributed by atoms with Crippen LogP contribution in [0, 0.1) is 0 Å². The quantitative estimate of drug-likeness (QED) is 0.399. The van der Waals surface area contributed by atoms with Gasteiger partial charge in [0.1, 0.15) is 12.4 Å². The Kier molecular flexibility index (Phi) is 4.74. The van der Waals surface area contributed by atoms with Crippen LogP contribution in [-0.4, -0.2) is 6.21 Å². The van der Waals surface area contributed by atoms with Gasteiger partial charge in [0.2, 0.25) is 0 Å². The first-order chi connectivity index (χ1) is 12.9. The van der Waals surface area contributed by atoms with Crippen molar-refractivity contribution < 1.29 is 4.74 Å². The number of fused-ring (bicyclic) bond motifs is 1. The summed E-state index contributed by atoms with van der Waals surface area (Å²) in [7, 11) is 0. The van der Waals surface area contributed by atoms with Gasteiger partial charge < -0.3 is 4.74 Å². The fourth-order valence-electron chi connectivity index (χ4n) is 2.89. The van der Waals surface area contributed by atoms with Crippen molar-refractivity contribution in [3.8, 4) is 5.75 Å². The van der Waals surface area contributed by atoms with Crippen LogP contribution >= 0.6 is 0 Å². The summed E-state index contributed by atoms with van der Waals surface area (Å²) >= 11 is 0. The molecule has 0 aliphatic heterocycles. The summed E-state index contributed by atoms with van der Waals surface area (Å²) in [5.41, 5.74) is 3.19. The lowest BCUT2D eigenvalue weighted by Gasteiger charge is -2.09. The van der Waals surface area contributed by atoms with E-state index in [2.05, 4.69) is 47.5 Å². The number of aliphatic imine (C=N–C) groups is 1. The normalized spacial score (nSPS) is 11.1. The molecule has 0 atom stereocenters. The number of para-hydroxylation sites is 1. The molecule has 0 aromatic heterocycles. The van der Waals surface area contributed by atoms with Crippen LogP contribution in [0.4, 0.5) is 5.69 Å². The van der Waals surface area contributed by atoms with Gasteiger partial charge in [0, 0.05) is 6.21 Å². The minimum Gasteiger partial charge on any atom is -0.489 e. The molecule has 0 radical (unpaired) electrons. The predicted molar refractivity (Wildman–Crippen MR) is 108 cm³/mol. The van der Waals surface area contributed by atoms with E-state index in [-0.39, 0.29) is 0 Å². The molecule has 0 N–H and O–H groups in total. The molecule has 0 spiro atoms. The van der Waals surface area contributed by atoms with Gasteiger partial charge in [-0.25, -0.2) is 0 Å². The van der Waals surface area contributed by atoms with Crippen molar-refractivity contribution in [1.82, 2.24) is 0 Å². The summed E-state index contributed by atoms with van der Waals surface area (Å²) in [6.07, 6.45) is 1.86. The first-order valence-corrected chi connectivity index (χ1v) is 8.67. The highest BCUT2D eigenvalue weighted by Gasteiger charge is 2.01. The third-order valence-corrected chi connectivity index (χ3v) is 4.27. The molecule has 4 aromatic carbocycles. The van der Waals surface area contributed by atoms with Gasteiger partial charge >= 0.3 is 0 Å². The van der Waals surface area contributed by atoms with Crippen LogP contribution in [0.1, 0.15) is 11.1 Å². The molecule has 0 amide bonds. The molecule has 0 saturated carbocycles. The molecule has 126 valence electrons. The summed E-state index contributed by atoms with van der Waals surface area (Å²) in [6.45, 7) is 0.554. The molecule has 4 rings (SSSR count). The molecule has 0 heterocycles. The first kappa shape index (κ1) is 16.1. The van der Waals surface area contributed by atoms with Gasteiger partial charge in [-0.15, -0.1) is 0 Å². The maximum Gasteiger partial charge on any atom is 0.119 e. The molecule has 2 heteroatoms. The maximum atomic E-state index is 5.97. The zero-order valence-electron chi connectivity index (χ0n) is 14.4. The average Bonchev–Trinajstić information content (AvgIpc) is 2.72. The SMILES string of the molecule is C(=Nc1ccccc1)c1ccc(OCc2cccc3ccccc23)cc1. The van der Waals surface area contributed by atoms with Crippen molar-refractivity contribution in [2.45, 2.75) is 6.61 Å². The van der Waals surface area contributed by atoms with Crippen LogP contribution in [0.2, 0.25) is 0 Å². The van der Waals surface area contributed by atoms with Crippen molar-refractivity contribution in [3.63, 3.8) is 0 Å². The van der Waals surface area contributed by atoms with E-state index in [1.807, 2.05) is 60.8 Å². The zero-order chi connectivity index (χ0) is 17.6. The predicted octanol–water partition coefficient (Wildman–Crippen LogP) is 6.17. The van der Waals surface area contributed by atoms with Gasteiger partial charge in [-0.05, 0) is 58.3 Å². The Morgan fingerprint density at radius 1 is 0.692 bits per heavy atom. The molecule has 0 aliphatic rings. The number of rotatable bonds is 5. The highest BCUT2D eigenvalue weighted by Crippen LogP contribution is 2.21. The fraction of sp³-hybridized carbons (Fsp3) is 0.0417. The molecule has 0 unspecified atom stereocenters. The number of benzene rings is 4. The summed E-state index contributed by atoms with van der Waals surface area (Å²) in [5.74, 6) is 0.856. The summed E-state index contributed by atoms with van der Waals surface area (Å²) in [4.78, 5) is 4.47. The topological polar surface area (TPSA) is 21.6 Å². The monoisotopic (exact) mass is 337 g/mol. The van der Waals surface area contributed by atoms with Crippen molar-refractivity contribution in [2.75, 3.05) is 0 Å². The van der Waals surface area contributed by atoms with E-state index in [9.17, 15) is 0 Å². The van der Waals surface area contributed by atoms with Crippen LogP contribution in [0.25, 0.3) is 10.8 Å². The smallest absolute Gasteiger partial charge is 0.119 e. The second-order valence-corrected chi connectivity index (χ2v) is 6.09. The van der Waals surface area contributed by atoms with Crippen LogP contribution in [-0.2, 0) is 6.61 Å². The third-order valence-electron chi connectivity index (χ3n) is 4.27. The lowest BCUT2D eigenvalue weighted by molar-refractivity contribution is 0.307. The Hall–Kier alpha value is -3.39.